The van der Waals surface area contributed by atoms with Gasteiger partial charge in [-0.25, -0.2) is 0 Å². The van der Waals surface area contributed by atoms with Gasteiger partial charge in [-0.15, -0.1) is 0 Å². The van der Waals surface area contributed by atoms with Crippen LogP contribution in [0.5, 0.6) is 17.2 Å². The Morgan fingerprint density at radius 3 is 2.79 bits per heavy atom. The standard InChI is InChI=1S/C10H9O3Se/c14-4-7-1-6-2-9-10(12-5-11-9)3-8(6)13-7/h2-3,7H,1,4-5H2. The predicted molar refractivity (Wildman–Crippen MR) is 51.2 cm³/mol. The van der Waals surface area contributed by atoms with Crippen LogP contribution in [0.25, 0.3) is 0 Å². The van der Waals surface area contributed by atoms with Crippen LogP contribution in [-0.2, 0) is 6.42 Å². The van der Waals surface area contributed by atoms with E-state index in [2.05, 4.69) is 16.0 Å². The molecular weight excluding hydrogens is 247 g/mol. The Bertz CT molecular complexity index is 345. The first-order valence-corrected chi connectivity index (χ1v) is 5.75. The van der Waals surface area contributed by atoms with Gasteiger partial charge in [0.05, 0.1) is 0 Å². The molecule has 3 nitrogen and oxygen atoms in total. The van der Waals surface area contributed by atoms with Crippen molar-refractivity contribution < 1.29 is 14.2 Å². The molecule has 0 saturated heterocycles. The van der Waals surface area contributed by atoms with Gasteiger partial charge in [-0.3, -0.25) is 0 Å². The Hall–Kier alpha value is -0.861. The summed E-state index contributed by atoms with van der Waals surface area (Å²) in [5, 5.41) is 0.918. The summed E-state index contributed by atoms with van der Waals surface area (Å²) in [5.41, 5.74) is 1.22. The van der Waals surface area contributed by atoms with E-state index in [0.717, 1.165) is 29.0 Å². The van der Waals surface area contributed by atoms with Gasteiger partial charge in [0.25, 0.3) is 0 Å². The Kier molecular flexibility index (Phi) is 1.85. The van der Waals surface area contributed by atoms with E-state index in [9.17, 15) is 0 Å². The molecule has 1 aromatic rings. The van der Waals surface area contributed by atoms with Gasteiger partial charge in [-0.1, -0.05) is 0 Å². The van der Waals surface area contributed by atoms with E-state index >= 15 is 0 Å². The summed E-state index contributed by atoms with van der Waals surface area (Å²) in [5.74, 6) is 2.58. The summed E-state index contributed by atoms with van der Waals surface area (Å²) in [6.45, 7) is 0.323. The Labute approximate surface area is 90.2 Å². The third kappa shape index (κ3) is 1.18. The fraction of sp³-hybridized carbons (Fsp3) is 0.400. The van der Waals surface area contributed by atoms with Crippen molar-refractivity contribution in [3.05, 3.63) is 17.7 Å². The molecule has 14 heavy (non-hydrogen) atoms. The molecule has 0 N–H and O–H groups in total. The molecule has 0 aromatic heterocycles. The molecule has 1 atom stereocenters. The molecule has 0 amide bonds. The number of ether oxygens (including phenoxy) is 3. The van der Waals surface area contributed by atoms with Crippen LogP contribution in [0.15, 0.2) is 12.1 Å². The van der Waals surface area contributed by atoms with Gasteiger partial charge in [0.1, 0.15) is 0 Å². The van der Waals surface area contributed by atoms with Crippen molar-refractivity contribution >= 4 is 16.0 Å². The molecule has 2 aliphatic heterocycles. The van der Waals surface area contributed by atoms with Crippen LogP contribution in [0.4, 0.5) is 0 Å². The molecular formula is C10H9O3Se. The first kappa shape index (κ1) is 8.45. The maximum atomic E-state index is 5.71. The Balaban J connectivity index is 2.00. The summed E-state index contributed by atoms with van der Waals surface area (Å²) in [4.78, 5) is 0. The predicted octanol–water partition coefficient (Wildman–Crippen LogP) is 1.31. The van der Waals surface area contributed by atoms with Crippen molar-refractivity contribution in [1.29, 1.82) is 0 Å². The Morgan fingerprint density at radius 1 is 1.21 bits per heavy atom. The van der Waals surface area contributed by atoms with Gasteiger partial charge < -0.3 is 0 Å². The van der Waals surface area contributed by atoms with E-state index in [-0.39, 0.29) is 6.10 Å². The van der Waals surface area contributed by atoms with Gasteiger partial charge in [-0.2, -0.15) is 0 Å². The number of fused-ring (bicyclic) bond motifs is 2. The molecule has 0 fully saturated rings. The fourth-order valence-corrected chi connectivity index (χ4v) is 2.18. The first-order valence-electron chi connectivity index (χ1n) is 4.54. The van der Waals surface area contributed by atoms with Gasteiger partial charge in [0, 0.05) is 0 Å². The fourth-order valence-electron chi connectivity index (χ4n) is 1.79. The van der Waals surface area contributed by atoms with Crippen LogP contribution in [0.3, 0.4) is 0 Å². The molecule has 1 radical (unpaired) electrons. The third-order valence-corrected chi connectivity index (χ3v) is 3.26. The van der Waals surface area contributed by atoms with Crippen molar-refractivity contribution in [2.75, 3.05) is 6.79 Å². The molecule has 0 saturated carbocycles. The van der Waals surface area contributed by atoms with Crippen molar-refractivity contribution in [2.24, 2.45) is 0 Å². The quantitative estimate of drug-likeness (QED) is 0.709. The summed E-state index contributed by atoms with van der Waals surface area (Å²) in [6, 6.07) is 3.95. The second-order valence-corrected chi connectivity index (χ2v) is 4.12. The van der Waals surface area contributed by atoms with Crippen molar-refractivity contribution in [3.63, 3.8) is 0 Å². The van der Waals surface area contributed by atoms with Crippen LogP contribution >= 0.6 is 0 Å². The zero-order chi connectivity index (χ0) is 9.54. The summed E-state index contributed by atoms with van der Waals surface area (Å²) in [7, 11) is 0. The second kappa shape index (κ2) is 3.07. The van der Waals surface area contributed by atoms with Crippen molar-refractivity contribution in [1.82, 2.24) is 0 Å². The number of benzene rings is 1. The zero-order valence-electron chi connectivity index (χ0n) is 7.49. The maximum absolute atomic E-state index is 5.71. The van der Waals surface area contributed by atoms with E-state index in [0.29, 0.717) is 6.79 Å². The van der Waals surface area contributed by atoms with Crippen LogP contribution in [0, 0.1) is 0 Å². The monoisotopic (exact) mass is 257 g/mol. The Morgan fingerprint density at radius 2 is 2.00 bits per heavy atom. The SMILES string of the molecule is [Se]CC1Cc2cc3c(cc2O1)OCO3. The molecule has 2 heterocycles. The number of rotatable bonds is 1. The van der Waals surface area contributed by atoms with E-state index < -0.39 is 0 Å². The van der Waals surface area contributed by atoms with Crippen LogP contribution < -0.4 is 14.2 Å². The topological polar surface area (TPSA) is 27.7 Å². The number of hydrogen-bond acceptors (Lipinski definition) is 3. The van der Waals surface area contributed by atoms with Crippen molar-refractivity contribution in [3.8, 4) is 17.2 Å². The minimum atomic E-state index is 0.271. The van der Waals surface area contributed by atoms with Crippen molar-refractivity contribution in [2.45, 2.75) is 17.8 Å². The molecule has 1 unspecified atom stereocenters. The van der Waals surface area contributed by atoms with E-state index in [1.807, 2.05) is 12.1 Å². The van der Waals surface area contributed by atoms with Crippen LogP contribution in [0.2, 0.25) is 5.32 Å². The first-order chi connectivity index (χ1) is 6.86. The van der Waals surface area contributed by atoms with E-state index in [4.69, 9.17) is 14.2 Å². The minimum absolute atomic E-state index is 0.271. The molecule has 3 rings (SSSR count). The molecule has 1 aromatic carbocycles. The van der Waals surface area contributed by atoms with Gasteiger partial charge in [0.2, 0.25) is 0 Å². The third-order valence-electron chi connectivity index (χ3n) is 2.48. The molecule has 2 aliphatic rings. The molecule has 4 heteroatoms. The van der Waals surface area contributed by atoms with E-state index in [1.54, 1.807) is 0 Å². The zero-order valence-corrected chi connectivity index (χ0v) is 9.20. The average Bonchev–Trinajstić information content (AvgIpc) is 2.77. The summed E-state index contributed by atoms with van der Waals surface area (Å²) < 4.78 is 16.3. The number of hydrogen-bond donors (Lipinski definition) is 0. The molecule has 0 aliphatic carbocycles. The normalized spacial score (nSPS) is 21.9. The van der Waals surface area contributed by atoms with E-state index in [1.165, 1.54) is 5.56 Å². The molecule has 73 valence electrons. The summed E-state index contributed by atoms with van der Waals surface area (Å²) in [6.07, 6.45) is 1.23. The van der Waals surface area contributed by atoms with Gasteiger partial charge in [0.15, 0.2) is 0 Å². The van der Waals surface area contributed by atoms with Crippen LogP contribution in [0.1, 0.15) is 5.56 Å². The average molecular weight is 256 g/mol. The summed E-state index contributed by atoms with van der Waals surface area (Å²) >= 11 is 2.99. The second-order valence-electron chi connectivity index (χ2n) is 3.42. The molecule has 0 spiro atoms. The van der Waals surface area contributed by atoms with Gasteiger partial charge in [-0.05, 0) is 0 Å². The van der Waals surface area contributed by atoms with Crippen LogP contribution in [-0.4, -0.2) is 28.9 Å². The molecule has 0 bridgehead atoms. The van der Waals surface area contributed by atoms with Gasteiger partial charge >= 0.3 is 89.8 Å².